The third kappa shape index (κ3) is 3.68. The molecule has 1 N–H and O–H groups in total. The number of nitrogens with zero attached hydrogens (tertiary/aromatic N) is 1. The second kappa shape index (κ2) is 6.36. The molecule has 0 aliphatic heterocycles. The predicted octanol–water partition coefficient (Wildman–Crippen LogP) is 2.76. The summed E-state index contributed by atoms with van der Waals surface area (Å²) in [6, 6.07) is 7.31. The number of amides is 1. The minimum atomic E-state index is -0.953. The van der Waals surface area contributed by atoms with E-state index in [1.54, 1.807) is 12.1 Å². The van der Waals surface area contributed by atoms with Gasteiger partial charge in [-0.05, 0) is 59.7 Å². The van der Waals surface area contributed by atoms with Crippen LogP contribution in [0.5, 0.6) is 0 Å². The van der Waals surface area contributed by atoms with Gasteiger partial charge in [0.2, 0.25) is 0 Å². The maximum atomic E-state index is 12.4. The van der Waals surface area contributed by atoms with Gasteiger partial charge in [-0.25, -0.2) is 0 Å². The highest BCUT2D eigenvalue weighted by atomic mass is 127. The van der Waals surface area contributed by atoms with Crippen LogP contribution in [0.15, 0.2) is 24.3 Å². The minimum absolute atomic E-state index is 0.0721. The summed E-state index contributed by atoms with van der Waals surface area (Å²) in [5, 5.41) is 8.99. The standard InChI is InChI=1S/C14H16INO3/c15-11-7-5-10(6-8-11)14(19)16(9-13(17)18)12-3-1-2-4-12/h5-8,12H,1-4,9H2,(H,17,18). The van der Waals surface area contributed by atoms with Crippen molar-refractivity contribution in [2.45, 2.75) is 31.7 Å². The van der Waals surface area contributed by atoms with Crippen molar-refractivity contribution in [1.82, 2.24) is 4.90 Å². The van der Waals surface area contributed by atoms with Crippen molar-refractivity contribution >= 4 is 34.5 Å². The number of halogens is 1. The monoisotopic (exact) mass is 373 g/mol. The smallest absolute Gasteiger partial charge is 0.323 e. The van der Waals surface area contributed by atoms with E-state index in [0.29, 0.717) is 5.56 Å². The highest BCUT2D eigenvalue weighted by molar-refractivity contribution is 14.1. The molecule has 1 fully saturated rings. The summed E-state index contributed by atoms with van der Waals surface area (Å²) in [4.78, 5) is 24.9. The Morgan fingerprint density at radius 3 is 2.32 bits per heavy atom. The molecule has 2 rings (SSSR count). The number of carboxylic acids is 1. The molecule has 4 nitrogen and oxygen atoms in total. The largest absolute Gasteiger partial charge is 0.480 e. The molecule has 0 radical (unpaired) electrons. The lowest BCUT2D eigenvalue weighted by Crippen LogP contribution is -2.42. The van der Waals surface area contributed by atoms with E-state index in [-0.39, 0.29) is 18.5 Å². The SMILES string of the molecule is O=C(O)CN(C(=O)c1ccc(I)cc1)C1CCCC1. The summed E-state index contributed by atoms with van der Waals surface area (Å²) in [7, 11) is 0. The first-order valence-corrected chi connectivity index (χ1v) is 7.44. The Morgan fingerprint density at radius 2 is 1.79 bits per heavy atom. The Hall–Kier alpha value is -1.11. The Labute approximate surface area is 125 Å². The van der Waals surface area contributed by atoms with E-state index in [1.807, 2.05) is 12.1 Å². The number of rotatable bonds is 4. The van der Waals surface area contributed by atoms with Crippen LogP contribution in [-0.4, -0.2) is 34.5 Å². The van der Waals surface area contributed by atoms with Gasteiger partial charge < -0.3 is 10.0 Å². The van der Waals surface area contributed by atoms with Crippen molar-refractivity contribution in [3.63, 3.8) is 0 Å². The van der Waals surface area contributed by atoms with Gasteiger partial charge in [0.05, 0.1) is 0 Å². The lowest BCUT2D eigenvalue weighted by atomic mass is 10.1. The highest BCUT2D eigenvalue weighted by Crippen LogP contribution is 2.25. The molecule has 0 atom stereocenters. The average Bonchev–Trinajstić information content (AvgIpc) is 2.89. The van der Waals surface area contributed by atoms with Gasteiger partial charge >= 0.3 is 5.97 Å². The molecule has 0 unspecified atom stereocenters. The summed E-state index contributed by atoms with van der Waals surface area (Å²) in [6.45, 7) is -0.213. The van der Waals surface area contributed by atoms with Crippen molar-refractivity contribution < 1.29 is 14.7 Å². The van der Waals surface area contributed by atoms with E-state index in [2.05, 4.69) is 22.6 Å². The number of carbonyl (C=O) groups excluding carboxylic acids is 1. The number of carbonyl (C=O) groups is 2. The zero-order valence-electron chi connectivity index (χ0n) is 10.5. The Bertz CT molecular complexity index is 466. The predicted molar refractivity (Wildman–Crippen MR) is 80.1 cm³/mol. The van der Waals surface area contributed by atoms with Crippen molar-refractivity contribution in [2.75, 3.05) is 6.54 Å². The normalized spacial score (nSPS) is 15.4. The molecular formula is C14H16INO3. The van der Waals surface area contributed by atoms with Crippen LogP contribution in [0.3, 0.4) is 0 Å². The van der Waals surface area contributed by atoms with E-state index < -0.39 is 5.97 Å². The van der Waals surface area contributed by atoms with Crippen LogP contribution in [0.1, 0.15) is 36.0 Å². The molecular weight excluding hydrogens is 357 g/mol. The van der Waals surface area contributed by atoms with Gasteiger partial charge in [0, 0.05) is 15.2 Å². The maximum absolute atomic E-state index is 12.4. The summed E-state index contributed by atoms with van der Waals surface area (Å²) < 4.78 is 1.06. The topological polar surface area (TPSA) is 57.6 Å². The van der Waals surface area contributed by atoms with Crippen LogP contribution in [0.25, 0.3) is 0 Å². The lowest BCUT2D eigenvalue weighted by Gasteiger charge is -2.27. The van der Waals surface area contributed by atoms with Gasteiger partial charge in [0.25, 0.3) is 5.91 Å². The molecule has 5 heteroatoms. The maximum Gasteiger partial charge on any atom is 0.323 e. The van der Waals surface area contributed by atoms with E-state index >= 15 is 0 Å². The first kappa shape index (κ1) is 14.3. The zero-order chi connectivity index (χ0) is 13.8. The quantitative estimate of drug-likeness (QED) is 0.826. The third-order valence-electron chi connectivity index (χ3n) is 3.42. The van der Waals surface area contributed by atoms with E-state index in [9.17, 15) is 9.59 Å². The van der Waals surface area contributed by atoms with E-state index in [4.69, 9.17) is 5.11 Å². The van der Waals surface area contributed by atoms with Gasteiger partial charge in [-0.1, -0.05) is 12.8 Å². The molecule has 1 aromatic carbocycles. The number of hydrogen-bond donors (Lipinski definition) is 1. The van der Waals surface area contributed by atoms with Gasteiger partial charge in [-0.2, -0.15) is 0 Å². The molecule has 1 aromatic rings. The van der Waals surface area contributed by atoms with Crippen LogP contribution in [-0.2, 0) is 4.79 Å². The molecule has 1 aliphatic rings. The van der Waals surface area contributed by atoms with Gasteiger partial charge in [-0.3, -0.25) is 9.59 Å². The molecule has 19 heavy (non-hydrogen) atoms. The van der Waals surface area contributed by atoms with Gasteiger partial charge in [0.1, 0.15) is 6.54 Å². The second-order valence-electron chi connectivity index (χ2n) is 4.77. The molecule has 0 aromatic heterocycles. The molecule has 0 spiro atoms. The van der Waals surface area contributed by atoms with Crippen LogP contribution in [0.2, 0.25) is 0 Å². The van der Waals surface area contributed by atoms with Gasteiger partial charge in [0.15, 0.2) is 0 Å². The summed E-state index contributed by atoms with van der Waals surface area (Å²) in [6.07, 6.45) is 3.95. The first-order valence-electron chi connectivity index (χ1n) is 6.36. The summed E-state index contributed by atoms with van der Waals surface area (Å²) in [5.41, 5.74) is 0.563. The third-order valence-corrected chi connectivity index (χ3v) is 4.14. The van der Waals surface area contributed by atoms with Crippen LogP contribution < -0.4 is 0 Å². The summed E-state index contributed by atoms with van der Waals surface area (Å²) in [5.74, 6) is -1.13. The van der Waals surface area contributed by atoms with Crippen LogP contribution >= 0.6 is 22.6 Å². The molecule has 0 bridgehead atoms. The molecule has 0 saturated heterocycles. The molecule has 1 amide bonds. The number of hydrogen-bond acceptors (Lipinski definition) is 2. The van der Waals surface area contributed by atoms with Crippen molar-refractivity contribution in [2.24, 2.45) is 0 Å². The fourth-order valence-electron chi connectivity index (χ4n) is 2.49. The fourth-order valence-corrected chi connectivity index (χ4v) is 2.85. The molecule has 1 aliphatic carbocycles. The minimum Gasteiger partial charge on any atom is -0.480 e. The highest BCUT2D eigenvalue weighted by Gasteiger charge is 2.28. The summed E-state index contributed by atoms with van der Waals surface area (Å²) >= 11 is 2.18. The van der Waals surface area contributed by atoms with Crippen molar-refractivity contribution in [1.29, 1.82) is 0 Å². The zero-order valence-corrected chi connectivity index (χ0v) is 12.7. The van der Waals surface area contributed by atoms with Crippen molar-refractivity contribution in [3.8, 4) is 0 Å². The molecule has 0 heterocycles. The van der Waals surface area contributed by atoms with Crippen LogP contribution in [0, 0.1) is 3.57 Å². The Morgan fingerprint density at radius 1 is 1.21 bits per heavy atom. The average molecular weight is 373 g/mol. The van der Waals surface area contributed by atoms with Crippen LogP contribution in [0.4, 0.5) is 0 Å². The Balaban J connectivity index is 2.18. The molecule has 102 valence electrons. The second-order valence-corrected chi connectivity index (χ2v) is 6.02. The number of carboxylic acid groups (broad SMARTS) is 1. The lowest BCUT2D eigenvalue weighted by molar-refractivity contribution is -0.138. The first-order chi connectivity index (χ1) is 9.08. The van der Waals surface area contributed by atoms with E-state index in [0.717, 1.165) is 29.3 Å². The number of benzene rings is 1. The van der Waals surface area contributed by atoms with E-state index in [1.165, 1.54) is 4.90 Å². The fraction of sp³-hybridized carbons (Fsp3) is 0.429. The molecule has 1 saturated carbocycles. The van der Waals surface area contributed by atoms with Crippen molar-refractivity contribution in [3.05, 3.63) is 33.4 Å². The Kier molecular flexibility index (Phi) is 4.79. The van der Waals surface area contributed by atoms with Gasteiger partial charge in [-0.15, -0.1) is 0 Å². The number of aliphatic carboxylic acids is 1.